The third kappa shape index (κ3) is 4.78. The summed E-state index contributed by atoms with van der Waals surface area (Å²) in [5, 5.41) is 2.71. The molecule has 1 N–H and O–H groups in total. The molecule has 2 aromatic carbocycles. The van der Waals surface area contributed by atoms with E-state index in [1.165, 1.54) is 5.56 Å². The molecule has 0 aliphatic carbocycles. The summed E-state index contributed by atoms with van der Waals surface area (Å²) >= 11 is 0. The molecule has 6 nitrogen and oxygen atoms in total. The Labute approximate surface area is 158 Å². The molecule has 0 fully saturated rings. The number of nitrogens with one attached hydrogen (secondary N) is 1. The molecule has 0 saturated carbocycles. The van der Waals surface area contributed by atoms with Gasteiger partial charge in [-0.1, -0.05) is 38.1 Å². The smallest absolute Gasteiger partial charge is 0.351 e. The summed E-state index contributed by atoms with van der Waals surface area (Å²) in [7, 11) is 0. The highest BCUT2D eigenvalue weighted by Gasteiger charge is 2.29. The van der Waals surface area contributed by atoms with E-state index in [4.69, 9.17) is 14.2 Å². The molecule has 6 heteroatoms. The predicted molar refractivity (Wildman–Crippen MR) is 101 cm³/mol. The average molecular weight is 369 g/mol. The second-order valence-corrected chi connectivity index (χ2v) is 6.45. The molecular weight excluding hydrogens is 346 g/mol. The first-order chi connectivity index (χ1) is 13.1. The molecule has 2 aromatic rings. The predicted octanol–water partition coefficient (Wildman–Crippen LogP) is 3.52. The Morgan fingerprint density at radius 2 is 1.85 bits per heavy atom. The van der Waals surface area contributed by atoms with Crippen molar-refractivity contribution in [1.29, 1.82) is 0 Å². The zero-order chi connectivity index (χ0) is 19.2. The Bertz CT molecular complexity index is 802. The number of rotatable bonds is 6. The summed E-state index contributed by atoms with van der Waals surface area (Å²) in [6.07, 6.45) is 0.168. The van der Waals surface area contributed by atoms with Crippen LogP contribution in [0.25, 0.3) is 0 Å². The van der Waals surface area contributed by atoms with Crippen molar-refractivity contribution in [2.45, 2.75) is 32.3 Å². The van der Waals surface area contributed by atoms with Crippen molar-refractivity contribution in [3.05, 3.63) is 54.1 Å². The van der Waals surface area contributed by atoms with E-state index in [9.17, 15) is 9.59 Å². The number of anilines is 1. The van der Waals surface area contributed by atoms with Crippen LogP contribution in [0.5, 0.6) is 11.5 Å². The molecule has 0 radical (unpaired) electrons. The van der Waals surface area contributed by atoms with Crippen LogP contribution in [-0.2, 0) is 14.3 Å². The maximum Gasteiger partial charge on any atom is 0.351 e. The Morgan fingerprint density at radius 3 is 2.56 bits per heavy atom. The lowest BCUT2D eigenvalue weighted by molar-refractivity contribution is -0.156. The fraction of sp³-hybridized carbons (Fsp3) is 0.333. The van der Waals surface area contributed by atoms with Crippen LogP contribution in [0.1, 0.15) is 31.7 Å². The Morgan fingerprint density at radius 1 is 1.15 bits per heavy atom. The fourth-order valence-corrected chi connectivity index (χ4v) is 2.69. The van der Waals surface area contributed by atoms with Crippen molar-refractivity contribution in [2.75, 3.05) is 18.5 Å². The van der Waals surface area contributed by atoms with Crippen LogP contribution in [-0.4, -0.2) is 31.2 Å². The van der Waals surface area contributed by atoms with Gasteiger partial charge in [-0.25, -0.2) is 4.79 Å². The minimum absolute atomic E-state index is 0.0501. The first kappa shape index (κ1) is 18.8. The van der Waals surface area contributed by atoms with E-state index in [0.717, 1.165) is 6.42 Å². The number of ether oxygens (including phenoxy) is 3. The summed E-state index contributed by atoms with van der Waals surface area (Å²) in [6, 6.07) is 14.7. The number of amides is 1. The Hall–Kier alpha value is -3.02. The van der Waals surface area contributed by atoms with Gasteiger partial charge in [-0.05, 0) is 42.2 Å². The molecule has 142 valence electrons. The molecule has 0 spiro atoms. The van der Waals surface area contributed by atoms with E-state index in [-0.39, 0.29) is 13.2 Å². The third-order valence-electron chi connectivity index (χ3n) is 4.49. The van der Waals surface area contributed by atoms with Crippen LogP contribution in [0.3, 0.4) is 0 Å². The van der Waals surface area contributed by atoms with Gasteiger partial charge >= 0.3 is 5.97 Å². The zero-order valence-corrected chi connectivity index (χ0v) is 15.4. The number of hydrogen-bond donors (Lipinski definition) is 1. The third-order valence-corrected chi connectivity index (χ3v) is 4.49. The highest BCUT2D eigenvalue weighted by Crippen LogP contribution is 2.31. The quantitative estimate of drug-likeness (QED) is 0.789. The number of esters is 1. The Balaban J connectivity index is 1.47. The second-order valence-electron chi connectivity index (χ2n) is 6.45. The lowest BCUT2D eigenvalue weighted by atomic mass is 9.99. The number of hydrogen-bond acceptors (Lipinski definition) is 5. The standard InChI is InChI=1S/C21H23NO5/c1-3-14(2)15-8-10-16(11-9-15)22-20(23)13-26-21(24)19-12-25-17-6-4-5-7-18(17)27-19/h4-11,14,19H,3,12-13H2,1-2H3,(H,22,23)/t14-,19+/m1/s1. The SMILES string of the molecule is CC[C@@H](C)c1ccc(NC(=O)COC(=O)[C@@H]2COc3ccccc3O2)cc1. The molecule has 1 amide bonds. The van der Waals surface area contributed by atoms with Crippen LogP contribution in [0.2, 0.25) is 0 Å². The molecule has 0 aromatic heterocycles. The average Bonchev–Trinajstić information content (AvgIpc) is 2.71. The van der Waals surface area contributed by atoms with E-state index in [1.807, 2.05) is 30.3 Å². The number of carbonyl (C=O) groups is 2. The maximum absolute atomic E-state index is 12.1. The molecule has 3 rings (SSSR count). The lowest BCUT2D eigenvalue weighted by Gasteiger charge is -2.24. The molecule has 1 aliphatic heterocycles. The highest BCUT2D eigenvalue weighted by molar-refractivity contribution is 5.93. The second kappa shape index (κ2) is 8.58. The summed E-state index contributed by atoms with van der Waals surface area (Å²) in [6.45, 7) is 3.96. The van der Waals surface area contributed by atoms with Crippen LogP contribution in [0.15, 0.2) is 48.5 Å². The van der Waals surface area contributed by atoms with Crippen LogP contribution < -0.4 is 14.8 Å². The molecular formula is C21H23NO5. The number of para-hydroxylation sites is 2. The van der Waals surface area contributed by atoms with Crippen LogP contribution in [0.4, 0.5) is 5.69 Å². The highest BCUT2D eigenvalue weighted by atomic mass is 16.6. The van der Waals surface area contributed by atoms with Gasteiger partial charge < -0.3 is 19.5 Å². The molecule has 0 unspecified atom stereocenters. The molecule has 0 bridgehead atoms. The molecule has 1 aliphatic rings. The van der Waals surface area contributed by atoms with Gasteiger partial charge in [-0.3, -0.25) is 4.79 Å². The first-order valence-electron chi connectivity index (χ1n) is 9.01. The van der Waals surface area contributed by atoms with Crippen molar-refractivity contribution >= 4 is 17.6 Å². The fourth-order valence-electron chi connectivity index (χ4n) is 2.69. The number of fused-ring (bicyclic) bond motifs is 1. The van der Waals surface area contributed by atoms with E-state index in [0.29, 0.717) is 23.1 Å². The van der Waals surface area contributed by atoms with E-state index in [2.05, 4.69) is 19.2 Å². The monoisotopic (exact) mass is 369 g/mol. The normalized spacial score (nSPS) is 16.3. The van der Waals surface area contributed by atoms with Gasteiger partial charge in [0, 0.05) is 5.69 Å². The minimum Gasteiger partial charge on any atom is -0.485 e. The number of benzene rings is 2. The van der Waals surface area contributed by atoms with E-state index in [1.54, 1.807) is 18.2 Å². The van der Waals surface area contributed by atoms with Crippen molar-refractivity contribution in [3.8, 4) is 11.5 Å². The summed E-state index contributed by atoms with van der Waals surface area (Å²) in [4.78, 5) is 24.1. The van der Waals surface area contributed by atoms with Gasteiger partial charge in [0.25, 0.3) is 5.91 Å². The van der Waals surface area contributed by atoms with E-state index < -0.39 is 18.0 Å². The Kier molecular flexibility index (Phi) is 5.96. The topological polar surface area (TPSA) is 73.9 Å². The van der Waals surface area contributed by atoms with Crippen molar-refractivity contribution < 1.29 is 23.8 Å². The van der Waals surface area contributed by atoms with Gasteiger partial charge in [0.15, 0.2) is 18.1 Å². The van der Waals surface area contributed by atoms with Gasteiger partial charge in [0.1, 0.15) is 6.61 Å². The summed E-state index contributed by atoms with van der Waals surface area (Å²) < 4.78 is 16.1. The van der Waals surface area contributed by atoms with Crippen molar-refractivity contribution in [3.63, 3.8) is 0 Å². The van der Waals surface area contributed by atoms with Gasteiger partial charge in [0.05, 0.1) is 0 Å². The van der Waals surface area contributed by atoms with E-state index >= 15 is 0 Å². The minimum atomic E-state index is -0.887. The molecule has 27 heavy (non-hydrogen) atoms. The van der Waals surface area contributed by atoms with Gasteiger partial charge in [-0.15, -0.1) is 0 Å². The van der Waals surface area contributed by atoms with Crippen molar-refractivity contribution in [2.24, 2.45) is 0 Å². The summed E-state index contributed by atoms with van der Waals surface area (Å²) in [5.74, 6) is 0.499. The zero-order valence-electron chi connectivity index (χ0n) is 15.4. The molecule has 2 atom stereocenters. The van der Waals surface area contributed by atoms with Crippen LogP contribution >= 0.6 is 0 Å². The largest absolute Gasteiger partial charge is 0.485 e. The molecule has 0 saturated heterocycles. The maximum atomic E-state index is 12.1. The summed E-state index contributed by atoms with van der Waals surface area (Å²) in [5.41, 5.74) is 1.88. The van der Waals surface area contributed by atoms with Crippen LogP contribution in [0, 0.1) is 0 Å². The van der Waals surface area contributed by atoms with Gasteiger partial charge in [0.2, 0.25) is 6.10 Å². The number of carbonyl (C=O) groups excluding carboxylic acids is 2. The van der Waals surface area contributed by atoms with Gasteiger partial charge in [-0.2, -0.15) is 0 Å². The first-order valence-corrected chi connectivity index (χ1v) is 9.01. The lowest BCUT2D eigenvalue weighted by Crippen LogP contribution is -2.39. The molecule has 1 heterocycles. The van der Waals surface area contributed by atoms with Crippen molar-refractivity contribution in [1.82, 2.24) is 0 Å².